The number of esters is 2. The third-order valence-electron chi connectivity index (χ3n) is 3.47. The maximum Gasteiger partial charge on any atom is 0.355 e. The van der Waals surface area contributed by atoms with Gasteiger partial charge in [0.2, 0.25) is 0 Å². The van der Waals surface area contributed by atoms with Gasteiger partial charge >= 0.3 is 11.9 Å². The van der Waals surface area contributed by atoms with Gasteiger partial charge in [-0.25, -0.2) is 9.59 Å². The quantitative estimate of drug-likeness (QED) is 0.567. The zero-order valence-corrected chi connectivity index (χ0v) is 15.0. The largest absolute Gasteiger partial charge is 0.466 e. The van der Waals surface area contributed by atoms with E-state index < -0.39 is 11.9 Å². The maximum atomic E-state index is 12.3. The molecule has 0 unspecified atom stereocenters. The molecule has 1 aromatic carbocycles. The molecule has 1 aliphatic rings. The minimum Gasteiger partial charge on any atom is -0.466 e. The van der Waals surface area contributed by atoms with Gasteiger partial charge in [-0.05, 0) is 35.0 Å². The van der Waals surface area contributed by atoms with Crippen molar-refractivity contribution < 1.29 is 28.6 Å². The van der Waals surface area contributed by atoms with Crippen molar-refractivity contribution in [3.63, 3.8) is 0 Å². The van der Waals surface area contributed by atoms with Gasteiger partial charge in [0.25, 0.3) is 0 Å². The number of halogens is 1. The number of methoxy groups -OCH3 is 2. The van der Waals surface area contributed by atoms with Gasteiger partial charge in [-0.2, -0.15) is 0 Å². The molecule has 7 nitrogen and oxygen atoms in total. The van der Waals surface area contributed by atoms with Crippen LogP contribution in [-0.2, 0) is 23.8 Å². The first-order chi connectivity index (χ1) is 11.4. The Balaban J connectivity index is 2.71. The first-order valence-electron chi connectivity index (χ1n) is 6.96. The smallest absolute Gasteiger partial charge is 0.355 e. The first kappa shape index (κ1) is 18.2. The molecule has 0 N–H and O–H groups in total. The van der Waals surface area contributed by atoms with E-state index in [1.807, 2.05) is 0 Å². The van der Waals surface area contributed by atoms with Gasteiger partial charge in [-0.3, -0.25) is 4.79 Å². The second kappa shape index (κ2) is 7.59. The summed E-state index contributed by atoms with van der Waals surface area (Å²) >= 11 is 3.38. The van der Waals surface area contributed by atoms with E-state index in [-0.39, 0.29) is 30.4 Å². The molecule has 24 heavy (non-hydrogen) atoms. The minimum atomic E-state index is -0.719. The van der Waals surface area contributed by atoms with Crippen LogP contribution in [0.25, 0.3) is 0 Å². The van der Waals surface area contributed by atoms with Crippen molar-refractivity contribution in [2.45, 2.75) is 6.92 Å². The predicted molar refractivity (Wildman–Crippen MR) is 88.5 cm³/mol. The zero-order chi connectivity index (χ0) is 17.9. The molecule has 0 aromatic heterocycles. The third-order valence-corrected chi connectivity index (χ3v) is 4.11. The number of anilines is 1. The van der Waals surface area contributed by atoms with Crippen LogP contribution in [0.3, 0.4) is 0 Å². The van der Waals surface area contributed by atoms with E-state index >= 15 is 0 Å². The number of hydrogen-bond donors (Lipinski definition) is 0. The molecular weight excluding hydrogens is 382 g/mol. The highest BCUT2D eigenvalue weighted by atomic mass is 79.9. The fourth-order valence-corrected chi connectivity index (χ4v) is 2.97. The fraction of sp³-hybridized carbons (Fsp3) is 0.312. The number of carbonyl (C=O) groups is 3. The van der Waals surface area contributed by atoms with Crippen LogP contribution in [-0.4, -0.2) is 45.3 Å². The van der Waals surface area contributed by atoms with Crippen molar-refractivity contribution in [1.29, 1.82) is 0 Å². The number of carbonyl (C=O) groups excluding carboxylic acids is 3. The molecule has 0 atom stereocenters. The Bertz CT molecular complexity index is 727. The molecule has 0 fully saturated rings. The topological polar surface area (TPSA) is 82.1 Å². The van der Waals surface area contributed by atoms with Crippen LogP contribution in [0, 0.1) is 0 Å². The molecule has 0 amide bonds. The summed E-state index contributed by atoms with van der Waals surface area (Å²) in [7, 11) is 2.42. The fourth-order valence-electron chi connectivity index (χ4n) is 2.39. The second-order valence-electron chi connectivity index (χ2n) is 4.91. The molecule has 0 bridgehead atoms. The minimum absolute atomic E-state index is 0.00926. The monoisotopic (exact) mass is 397 g/mol. The number of para-hydroxylation sites is 1. The van der Waals surface area contributed by atoms with E-state index in [1.54, 1.807) is 18.2 Å². The normalized spacial score (nSPS) is 14.4. The van der Waals surface area contributed by atoms with Crippen molar-refractivity contribution in [2.24, 2.45) is 0 Å². The zero-order valence-electron chi connectivity index (χ0n) is 13.4. The molecule has 1 aromatic rings. The van der Waals surface area contributed by atoms with Crippen LogP contribution in [0.2, 0.25) is 0 Å². The predicted octanol–water partition coefficient (Wildman–Crippen LogP) is 2.05. The Kier molecular flexibility index (Phi) is 5.74. The number of hydrogen-bond acceptors (Lipinski definition) is 7. The summed E-state index contributed by atoms with van der Waals surface area (Å²) in [5.41, 5.74) is 0.817. The summed E-state index contributed by atoms with van der Waals surface area (Å²) in [6, 6.07) is 5.06. The summed E-state index contributed by atoms with van der Waals surface area (Å²) in [4.78, 5) is 37.7. The maximum absolute atomic E-state index is 12.3. The summed E-state index contributed by atoms with van der Waals surface area (Å²) in [6.07, 6.45) is 0. The van der Waals surface area contributed by atoms with Crippen LogP contribution < -0.4 is 4.90 Å². The molecule has 0 saturated carbocycles. The van der Waals surface area contributed by atoms with E-state index in [0.717, 1.165) is 0 Å². The Morgan fingerprint density at radius 2 is 1.83 bits per heavy atom. The van der Waals surface area contributed by atoms with Crippen LogP contribution in [0.1, 0.15) is 17.3 Å². The van der Waals surface area contributed by atoms with Crippen LogP contribution in [0.5, 0.6) is 0 Å². The first-order valence-corrected chi connectivity index (χ1v) is 7.76. The lowest BCUT2D eigenvalue weighted by molar-refractivity contribution is -0.140. The molecule has 0 spiro atoms. The number of rotatable bonds is 4. The summed E-state index contributed by atoms with van der Waals surface area (Å²) in [5.74, 6) is -1.61. The number of nitrogens with zero attached hydrogens (tertiary/aromatic N) is 1. The lowest BCUT2D eigenvalue weighted by atomic mass is 10.1. The number of ketones is 1. The lowest BCUT2D eigenvalue weighted by Gasteiger charge is -2.33. The van der Waals surface area contributed by atoms with E-state index in [0.29, 0.717) is 15.7 Å². The van der Waals surface area contributed by atoms with Gasteiger partial charge in [0.1, 0.15) is 12.4 Å². The third kappa shape index (κ3) is 3.34. The van der Waals surface area contributed by atoms with Gasteiger partial charge in [-0.15, -0.1) is 0 Å². The average molecular weight is 398 g/mol. The SMILES string of the molecule is COC(=O)C1=C(C(=O)OC)N(c2c(Br)cccc2C(C)=O)COC1. The van der Waals surface area contributed by atoms with Crippen LogP contribution in [0.4, 0.5) is 5.69 Å². The molecular formula is C16H16BrNO6. The number of Topliss-reactive ketones (excluding diaryl/α,β-unsaturated/α-hetero) is 1. The Hall–Kier alpha value is -2.19. The van der Waals surface area contributed by atoms with Gasteiger partial charge in [0.15, 0.2) is 5.78 Å². The number of ether oxygens (including phenoxy) is 3. The van der Waals surface area contributed by atoms with E-state index in [1.165, 1.54) is 26.0 Å². The van der Waals surface area contributed by atoms with Gasteiger partial charge < -0.3 is 19.1 Å². The van der Waals surface area contributed by atoms with E-state index in [2.05, 4.69) is 15.9 Å². The Morgan fingerprint density at radius 3 is 2.42 bits per heavy atom. The van der Waals surface area contributed by atoms with Crippen molar-refractivity contribution in [3.8, 4) is 0 Å². The van der Waals surface area contributed by atoms with Gasteiger partial charge in [0.05, 0.1) is 32.1 Å². The van der Waals surface area contributed by atoms with Crippen LogP contribution in [0.15, 0.2) is 33.9 Å². The van der Waals surface area contributed by atoms with E-state index in [9.17, 15) is 14.4 Å². The molecule has 8 heteroatoms. The average Bonchev–Trinajstić information content (AvgIpc) is 2.59. The Labute approximate surface area is 147 Å². The molecule has 0 saturated heterocycles. The standard InChI is InChI=1S/C16H16BrNO6/c1-9(19)10-5-4-6-12(17)13(10)18-8-24-7-11(15(20)22-2)14(18)16(21)23-3/h4-6H,7-8H2,1-3H3. The summed E-state index contributed by atoms with van der Waals surface area (Å²) < 4.78 is 15.5. The highest BCUT2D eigenvalue weighted by Gasteiger charge is 2.34. The van der Waals surface area contributed by atoms with Crippen molar-refractivity contribution >= 4 is 39.3 Å². The molecule has 0 aliphatic carbocycles. The van der Waals surface area contributed by atoms with E-state index in [4.69, 9.17) is 14.2 Å². The molecule has 1 aliphatic heterocycles. The lowest BCUT2D eigenvalue weighted by Crippen LogP contribution is -2.39. The molecule has 128 valence electrons. The highest BCUT2D eigenvalue weighted by molar-refractivity contribution is 9.10. The van der Waals surface area contributed by atoms with Crippen LogP contribution >= 0.6 is 15.9 Å². The summed E-state index contributed by atoms with van der Waals surface area (Å²) in [5, 5.41) is 0. The molecule has 2 rings (SSSR count). The Morgan fingerprint density at radius 1 is 1.17 bits per heavy atom. The van der Waals surface area contributed by atoms with Crippen molar-refractivity contribution in [2.75, 3.05) is 32.5 Å². The molecule has 1 heterocycles. The van der Waals surface area contributed by atoms with Crippen molar-refractivity contribution in [3.05, 3.63) is 39.5 Å². The molecule has 0 radical (unpaired) electrons. The number of benzene rings is 1. The van der Waals surface area contributed by atoms with Gasteiger partial charge in [0, 0.05) is 10.0 Å². The summed E-state index contributed by atoms with van der Waals surface area (Å²) in [6.45, 7) is 1.31. The highest BCUT2D eigenvalue weighted by Crippen LogP contribution is 2.35. The van der Waals surface area contributed by atoms with Gasteiger partial charge in [-0.1, -0.05) is 6.07 Å². The van der Waals surface area contributed by atoms with Crippen molar-refractivity contribution in [1.82, 2.24) is 0 Å². The second-order valence-corrected chi connectivity index (χ2v) is 5.76.